The van der Waals surface area contributed by atoms with Crippen molar-refractivity contribution in [3.05, 3.63) is 0 Å². The molecule has 10 heavy (non-hydrogen) atoms. The summed E-state index contributed by atoms with van der Waals surface area (Å²) in [5.41, 5.74) is 0. The monoisotopic (exact) mass is 143 g/mol. The van der Waals surface area contributed by atoms with Crippen LogP contribution in [0.15, 0.2) is 0 Å². The van der Waals surface area contributed by atoms with Gasteiger partial charge in [0.05, 0.1) is 6.10 Å². The highest BCUT2D eigenvalue weighted by Gasteiger charge is 2.24. The molecular formula is C8H17NO. The normalized spacial score (nSPS) is 24.3. The third-order valence-corrected chi connectivity index (χ3v) is 2.13. The van der Waals surface area contributed by atoms with Gasteiger partial charge in [-0.2, -0.15) is 0 Å². The van der Waals surface area contributed by atoms with Crippen molar-refractivity contribution in [3.8, 4) is 0 Å². The summed E-state index contributed by atoms with van der Waals surface area (Å²) in [4.78, 5) is 2.30. The molecule has 2 nitrogen and oxygen atoms in total. The molecule has 1 atom stereocenters. The van der Waals surface area contributed by atoms with Crippen molar-refractivity contribution in [1.29, 1.82) is 0 Å². The highest BCUT2D eigenvalue weighted by Crippen LogP contribution is 2.17. The largest absolute Gasteiger partial charge is 0.392 e. The fourth-order valence-corrected chi connectivity index (χ4v) is 1.46. The Morgan fingerprint density at radius 2 is 2.20 bits per heavy atom. The molecule has 1 aliphatic heterocycles. The SMILES string of the molecule is CCC1CN(C[C@@H](C)O)C1. The Kier molecular flexibility index (Phi) is 2.69. The first-order chi connectivity index (χ1) is 4.72. The van der Waals surface area contributed by atoms with Crippen LogP contribution in [-0.4, -0.2) is 35.7 Å². The fourth-order valence-electron chi connectivity index (χ4n) is 1.46. The first-order valence-corrected chi connectivity index (χ1v) is 4.12. The van der Waals surface area contributed by atoms with Gasteiger partial charge in [-0.1, -0.05) is 13.3 Å². The molecule has 0 aliphatic carbocycles. The molecule has 1 N–H and O–H groups in total. The molecule has 0 spiro atoms. The van der Waals surface area contributed by atoms with Gasteiger partial charge in [0.2, 0.25) is 0 Å². The van der Waals surface area contributed by atoms with Crippen molar-refractivity contribution < 1.29 is 5.11 Å². The van der Waals surface area contributed by atoms with Crippen LogP contribution >= 0.6 is 0 Å². The van der Waals surface area contributed by atoms with Crippen LogP contribution in [0.2, 0.25) is 0 Å². The minimum Gasteiger partial charge on any atom is -0.392 e. The van der Waals surface area contributed by atoms with Crippen LogP contribution in [0.3, 0.4) is 0 Å². The maximum absolute atomic E-state index is 9.01. The van der Waals surface area contributed by atoms with Gasteiger partial charge in [0, 0.05) is 19.6 Å². The van der Waals surface area contributed by atoms with Crippen molar-refractivity contribution in [2.75, 3.05) is 19.6 Å². The molecule has 0 radical (unpaired) electrons. The number of nitrogens with zero attached hydrogens (tertiary/aromatic N) is 1. The molecule has 0 unspecified atom stereocenters. The first kappa shape index (κ1) is 8.02. The van der Waals surface area contributed by atoms with Gasteiger partial charge >= 0.3 is 0 Å². The zero-order chi connectivity index (χ0) is 7.56. The maximum Gasteiger partial charge on any atom is 0.0639 e. The van der Waals surface area contributed by atoms with Gasteiger partial charge in [0.15, 0.2) is 0 Å². The van der Waals surface area contributed by atoms with E-state index < -0.39 is 0 Å². The Bertz CT molecular complexity index is 97.4. The van der Waals surface area contributed by atoms with Crippen molar-refractivity contribution in [3.63, 3.8) is 0 Å². The van der Waals surface area contributed by atoms with Crippen molar-refractivity contribution in [2.45, 2.75) is 26.4 Å². The zero-order valence-electron chi connectivity index (χ0n) is 6.88. The minimum absolute atomic E-state index is 0.155. The maximum atomic E-state index is 9.01. The van der Waals surface area contributed by atoms with E-state index in [1.807, 2.05) is 6.92 Å². The van der Waals surface area contributed by atoms with Crippen LogP contribution in [0, 0.1) is 5.92 Å². The van der Waals surface area contributed by atoms with Crippen molar-refractivity contribution in [2.24, 2.45) is 5.92 Å². The first-order valence-electron chi connectivity index (χ1n) is 4.12. The van der Waals surface area contributed by atoms with E-state index in [2.05, 4.69) is 11.8 Å². The van der Waals surface area contributed by atoms with Gasteiger partial charge in [0.1, 0.15) is 0 Å². The molecule has 0 saturated carbocycles. The summed E-state index contributed by atoms with van der Waals surface area (Å²) >= 11 is 0. The molecular weight excluding hydrogens is 126 g/mol. The number of rotatable bonds is 3. The van der Waals surface area contributed by atoms with Crippen LogP contribution in [0.25, 0.3) is 0 Å². The van der Waals surface area contributed by atoms with Gasteiger partial charge in [-0.05, 0) is 12.8 Å². The number of β-amino-alcohol motifs (C(OH)–C–C–N with tert-alkyl or cyclic N) is 1. The molecule has 1 rings (SSSR count). The third-order valence-electron chi connectivity index (χ3n) is 2.13. The smallest absolute Gasteiger partial charge is 0.0639 e. The number of hydrogen-bond acceptors (Lipinski definition) is 2. The molecule has 1 aliphatic rings. The molecule has 0 amide bonds. The van der Waals surface area contributed by atoms with Crippen molar-refractivity contribution >= 4 is 0 Å². The fraction of sp³-hybridized carbons (Fsp3) is 1.00. The standard InChI is InChI=1S/C8H17NO/c1-3-8-5-9(6-8)4-7(2)10/h7-8,10H,3-6H2,1-2H3/t7-/m1/s1. The lowest BCUT2D eigenvalue weighted by Crippen LogP contribution is -2.48. The highest BCUT2D eigenvalue weighted by atomic mass is 16.3. The molecule has 1 fully saturated rings. The number of aliphatic hydroxyl groups is 1. The summed E-state index contributed by atoms with van der Waals surface area (Å²) < 4.78 is 0. The Morgan fingerprint density at radius 3 is 2.60 bits per heavy atom. The van der Waals surface area contributed by atoms with E-state index in [-0.39, 0.29) is 6.10 Å². The second kappa shape index (κ2) is 3.35. The number of likely N-dealkylation sites (tertiary alicyclic amines) is 1. The second-order valence-corrected chi connectivity index (χ2v) is 3.34. The van der Waals surface area contributed by atoms with E-state index in [0.29, 0.717) is 0 Å². The number of hydrogen-bond donors (Lipinski definition) is 1. The molecule has 1 saturated heterocycles. The van der Waals surface area contributed by atoms with Gasteiger partial charge in [-0.3, -0.25) is 0 Å². The summed E-state index contributed by atoms with van der Waals surface area (Å²) in [6.07, 6.45) is 1.13. The van der Waals surface area contributed by atoms with E-state index in [1.165, 1.54) is 19.5 Å². The Balaban J connectivity index is 2.03. The quantitative estimate of drug-likeness (QED) is 0.629. The molecule has 0 bridgehead atoms. The lowest BCUT2D eigenvalue weighted by Gasteiger charge is -2.39. The Hall–Kier alpha value is -0.0800. The summed E-state index contributed by atoms with van der Waals surface area (Å²) in [5, 5.41) is 9.01. The van der Waals surface area contributed by atoms with Crippen LogP contribution < -0.4 is 0 Å². The number of aliphatic hydroxyl groups excluding tert-OH is 1. The topological polar surface area (TPSA) is 23.5 Å². The molecule has 2 heteroatoms. The van der Waals surface area contributed by atoms with E-state index in [4.69, 9.17) is 5.11 Å². The summed E-state index contributed by atoms with van der Waals surface area (Å²) in [7, 11) is 0. The van der Waals surface area contributed by atoms with E-state index >= 15 is 0 Å². The Morgan fingerprint density at radius 1 is 1.60 bits per heavy atom. The molecule has 1 heterocycles. The lowest BCUT2D eigenvalue weighted by molar-refractivity contribution is 0.0459. The van der Waals surface area contributed by atoms with Crippen LogP contribution in [0.5, 0.6) is 0 Å². The van der Waals surface area contributed by atoms with Crippen LogP contribution in [-0.2, 0) is 0 Å². The molecule has 0 aromatic carbocycles. The summed E-state index contributed by atoms with van der Waals surface area (Å²) in [5.74, 6) is 0.902. The van der Waals surface area contributed by atoms with E-state index in [9.17, 15) is 0 Å². The van der Waals surface area contributed by atoms with Crippen LogP contribution in [0.1, 0.15) is 20.3 Å². The van der Waals surface area contributed by atoms with Crippen molar-refractivity contribution in [1.82, 2.24) is 4.90 Å². The van der Waals surface area contributed by atoms with Gasteiger partial charge in [-0.25, -0.2) is 0 Å². The molecule has 60 valence electrons. The molecule has 0 aromatic heterocycles. The van der Waals surface area contributed by atoms with E-state index in [0.717, 1.165) is 12.5 Å². The third kappa shape index (κ3) is 1.96. The Labute approximate surface area is 62.8 Å². The van der Waals surface area contributed by atoms with E-state index in [1.54, 1.807) is 0 Å². The predicted molar refractivity (Wildman–Crippen MR) is 41.9 cm³/mol. The zero-order valence-corrected chi connectivity index (χ0v) is 6.88. The minimum atomic E-state index is -0.155. The van der Waals surface area contributed by atoms with Gasteiger partial charge < -0.3 is 10.0 Å². The summed E-state index contributed by atoms with van der Waals surface area (Å²) in [6, 6.07) is 0. The average Bonchev–Trinajstić information content (AvgIpc) is 1.76. The average molecular weight is 143 g/mol. The second-order valence-electron chi connectivity index (χ2n) is 3.34. The highest BCUT2D eigenvalue weighted by molar-refractivity contribution is 4.79. The van der Waals surface area contributed by atoms with Gasteiger partial charge in [-0.15, -0.1) is 0 Å². The lowest BCUT2D eigenvalue weighted by atomic mass is 9.97. The molecule has 0 aromatic rings. The van der Waals surface area contributed by atoms with Gasteiger partial charge in [0.25, 0.3) is 0 Å². The predicted octanol–water partition coefficient (Wildman–Crippen LogP) is 0.709. The van der Waals surface area contributed by atoms with Crippen LogP contribution in [0.4, 0.5) is 0 Å². The summed E-state index contributed by atoms with van der Waals surface area (Å²) in [6.45, 7) is 7.32.